The molecular weight excluding hydrogens is 324 g/mol. The van der Waals surface area contributed by atoms with Crippen LogP contribution in [0.1, 0.15) is 29.8 Å². The molecule has 0 saturated carbocycles. The van der Waals surface area contributed by atoms with Crippen LogP contribution in [0.25, 0.3) is 0 Å². The fourth-order valence-electron chi connectivity index (χ4n) is 4.08. The largest absolute Gasteiger partial charge is 0.336 e. The molecule has 0 spiro atoms. The number of carbonyl (C=O) groups is 1. The molecule has 2 aliphatic rings. The van der Waals surface area contributed by atoms with Crippen molar-refractivity contribution in [1.82, 2.24) is 14.8 Å². The number of likely N-dealkylation sites (N-methyl/N-ethyl adjacent to an activating group) is 1. The fourth-order valence-corrected chi connectivity index (χ4v) is 4.08. The van der Waals surface area contributed by atoms with E-state index in [9.17, 15) is 4.79 Å². The van der Waals surface area contributed by atoms with Gasteiger partial charge in [0.25, 0.3) is 5.91 Å². The normalized spacial score (nSPS) is 20.3. The smallest absolute Gasteiger partial charge is 0.257 e. The molecule has 1 aromatic carbocycles. The van der Waals surface area contributed by atoms with Crippen LogP contribution in [0.15, 0.2) is 42.6 Å². The van der Waals surface area contributed by atoms with E-state index >= 15 is 0 Å². The molecule has 2 aromatic rings. The molecule has 2 aliphatic heterocycles. The lowest BCUT2D eigenvalue weighted by Gasteiger charge is -2.35. The third-order valence-corrected chi connectivity index (χ3v) is 5.56. The summed E-state index contributed by atoms with van der Waals surface area (Å²) in [6.45, 7) is 8.87. The van der Waals surface area contributed by atoms with Gasteiger partial charge in [-0.1, -0.05) is 25.1 Å². The fraction of sp³-hybridized carbons (Fsp3) is 0.429. The van der Waals surface area contributed by atoms with Gasteiger partial charge >= 0.3 is 0 Å². The molecule has 1 fully saturated rings. The van der Waals surface area contributed by atoms with E-state index in [1.807, 2.05) is 17.0 Å². The Morgan fingerprint density at radius 1 is 1.12 bits per heavy atom. The molecule has 5 nitrogen and oxygen atoms in total. The molecule has 1 atom stereocenters. The molecule has 26 heavy (non-hydrogen) atoms. The zero-order chi connectivity index (χ0) is 18.1. The van der Waals surface area contributed by atoms with Crippen molar-refractivity contribution in [2.75, 3.05) is 37.6 Å². The van der Waals surface area contributed by atoms with E-state index in [0.29, 0.717) is 11.6 Å². The van der Waals surface area contributed by atoms with E-state index in [1.165, 1.54) is 11.3 Å². The van der Waals surface area contributed by atoms with E-state index in [2.05, 4.69) is 52.9 Å². The summed E-state index contributed by atoms with van der Waals surface area (Å²) in [5.74, 6) is 0.883. The third kappa shape index (κ3) is 2.97. The minimum absolute atomic E-state index is 0.0976. The van der Waals surface area contributed by atoms with Crippen LogP contribution in [-0.2, 0) is 6.42 Å². The first-order chi connectivity index (χ1) is 12.7. The maximum Gasteiger partial charge on any atom is 0.257 e. The van der Waals surface area contributed by atoms with Gasteiger partial charge in [0.2, 0.25) is 0 Å². The molecule has 3 heterocycles. The van der Waals surface area contributed by atoms with Crippen molar-refractivity contribution in [2.45, 2.75) is 26.3 Å². The van der Waals surface area contributed by atoms with E-state index in [4.69, 9.17) is 0 Å². The molecule has 0 bridgehead atoms. The van der Waals surface area contributed by atoms with Crippen molar-refractivity contribution >= 4 is 17.4 Å². The quantitative estimate of drug-likeness (QED) is 0.853. The summed E-state index contributed by atoms with van der Waals surface area (Å²) in [5.41, 5.74) is 3.20. The topological polar surface area (TPSA) is 39.7 Å². The van der Waals surface area contributed by atoms with Crippen molar-refractivity contribution in [2.24, 2.45) is 0 Å². The Bertz CT molecular complexity index is 798. The lowest BCUT2D eigenvalue weighted by molar-refractivity contribution is 0.0643. The van der Waals surface area contributed by atoms with Crippen LogP contribution in [0.3, 0.4) is 0 Å². The number of amides is 1. The molecule has 136 valence electrons. The zero-order valence-corrected chi connectivity index (χ0v) is 15.6. The van der Waals surface area contributed by atoms with Gasteiger partial charge in [0.15, 0.2) is 0 Å². The maximum atomic E-state index is 13.2. The number of aromatic nitrogens is 1. The highest BCUT2D eigenvalue weighted by molar-refractivity contribution is 6.00. The van der Waals surface area contributed by atoms with Crippen LogP contribution in [0.4, 0.5) is 11.5 Å². The first-order valence-corrected chi connectivity index (χ1v) is 9.53. The van der Waals surface area contributed by atoms with Crippen molar-refractivity contribution in [3.8, 4) is 0 Å². The number of nitrogens with zero attached hydrogens (tertiary/aromatic N) is 4. The Balaban J connectivity index is 1.65. The lowest BCUT2D eigenvalue weighted by atomic mass is 10.1. The number of hydrogen-bond donors (Lipinski definition) is 0. The molecule has 1 aromatic heterocycles. The Labute approximate surface area is 155 Å². The van der Waals surface area contributed by atoms with Gasteiger partial charge in [-0.15, -0.1) is 0 Å². The Hall–Kier alpha value is -2.40. The highest BCUT2D eigenvalue weighted by Crippen LogP contribution is 2.38. The van der Waals surface area contributed by atoms with Gasteiger partial charge in [-0.05, 0) is 43.7 Å². The second-order valence-corrected chi connectivity index (χ2v) is 7.15. The summed E-state index contributed by atoms with van der Waals surface area (Å²) in [5, 5.41) is 0. The van der Waals surface area contributed by atoms with Gasteiger partial charge in [-0.2, -0.15) is 0 Å². The summed E-state index contributed by atoms with van der Waals surface area (Å²) >= 11 is 0. The van der Waals surface area contributed by atoms with Gasteiger partial charge in [0.1, 0.15) is 5.82 Å². The predicted octanol–water partition coefficient (Wildman–Crippen LogP) is 2.94. The van der Waals surface area contributed by atoms with Crippen LogP contribution < -0.4 is 4.90 Å². The standard InChI is InChI=1S/C21H26N4O/c1-3-23-11-13-24(14-12-23)21(26)18-8-6-10-22-20(18)25-16(2)15-17-7-4-5-9-19(17)25/h4-10,16H,3,11-15H2,1-2H3. The SMILES string of the molecule is CCN1CCN(C(=O)c2cccnc2N2c3ccccc3CC2C)CC1. The molecule has 4 rings (SSSR count). The van der Waals surface area contributed by atoms with E-state index < -0.39 is 0 Å². The highest BCUT2D eigenvalue weighted by Gasteiger charge is 2.32. The molecule has 1 amide bonds. The maximum absolute atomic E-state index is 13.2. The number of fused-ring (bicyclic) bond motifs is 1. The van der Waals surface area contributed by atoms with Crippen molar-refractivity contribution in [3.05, 3.63) is 53.7 Å². The average molecular weight is 350 g/mol. The first-order valence-electron chi connectivity index (χ1n) is 9.53. The molecule has 1 unspecified atom stereocenters. The number of pyridine rings is 1. The minimum atomic E-state index is 0.0976. The summed E-state index contributed by atoms with van der Waals surface area (Å²) < 4.78 is 0. The Kier molecular flexibility index (Phi) is 4.64. The second-order valence-electron chi connectivity index (χ2n) is 7.15. The third-order valence-electron chi connectivity index (χ3n) is 5.56. The van der Waals surface area contributed by atoms with Gasteiger partial charge < -0.3 is 14.7 Å². The Morgan fingerprint density at radius 3 is 2.65 bits per heavy atom. The highest BCUT2D eigenvalue weighted by atomic mass is 16.2. The van der Waals surface area contributed by atoms with Crippen molar-refractivity contribution < 1.29 is 4.79 Å². The first kappa shape index (κ1) is 17.0. The molecule has 1 saturated heterocycles. The number of hydrogen-bond acceptors (Lipinski definition) is 4. The average Bonchev–Trinajstić information content (AvgIpc) is 3.03. The predicted molar refractivity (Wildman–Crippen MR) is 104 cm³/mol. The van der Waals surface area contributed by atoms with Crippen LogP contribution in [0.5, 0.6) is 0 Å². The van der Waals surface area contributed by atoms with E-state index in [1.54, 1.807) is 6.20 Å². The number of para-hydroxylation sites is 1. The summed E-state index contributed by atoms with van der Waals surface area (Å²) in [7, 11) is 0. The minimum Gasteiger partial charge on any atom is -0.336 e. The van der Waals surface area contributed by atoms with E-state index in [0.717, 1.165) is 45.0 Å². The number of anilines is 2. The molecule has 5 heteroatoms. The van der Waals surface area contributed by atoms with Gasteiger partial charge in [-0.25, -0.2) is 4.98 Å². The number of piperazine rings is 1. The van der Waals surface area contributed by atoms with Gasteiger partial charge in [-0.3, -0.25) is 4.79 Å². The number of rotatable bonds is 3. The molecule has 0 N–H and O–H groups in total. The van der Waals surface area contributed by atoms with Crippen LogP contribution in [0.2, 0.25) is 0 Å². The summed E-state index contributed by atoms with van der Waals surface area (Å²) in [4.78, 5) is 24.4. The monoisotopic (exact) mass is 350 g/mol. The molecule has 0 aliphatic carbocycles. The Morgan fingerprint density at radius 2 is 1.88 bits per heavy atom. The van der Waals surface area contributed by atoms with Gasteiger partial charge in [0, 0.05) is 44.1 Å². The molecule has 0 radical (unpaired) electrons. The molecular formula is C21H26N4O. The van der Waals surface area contributed by atoms with Crippen LogP contribution >= 0.6 is 0 Å². The van der Waals surface area contributed by atoms with Crippen molar-refractivity contribution in [1.29, 1.82) is 0 Å². The number of benzene rings is 1. The van der Waals surface area contributed by atoms with Crippen molar-refractivity contribution in [3.63, 3.8) is 0 Å². The van der Waals surface area contributed by atoms with Gasteiger partial charge in [0.05, 0.1) is 5.56 Å². The van der Waals surface area contributed by atoms with Crippen LogP contribution in [-0.4, -0.2) is 59.5 Å². The second kappa shape index (κ2) is 7.08. The van der Waals surface area contributed by atoms with E-state index in [-0.39, 0.29) is 5.91 Å². The lowest BCUT2D eigenvalue weighted by Crippen LogP contribution is -2.48. The zero-order valence-electron chi connectivity index (χ0n) is 15.6. The van der Waals surface area contributed by atoms with Crippen LogP contribution in [0, 0.1) is 0 Å². The number of carbonyl (C=O) groups excluding carboxylic acids is 1. The summed E-state index contributed by atoms with van der Waals surface area (Å²) in [6.07, 6.45) is 2.77. The summed E-state index contributed by atoms with van der Waals surface area (Å²) in [6, 6.07) is 12.5.